The van der Waals surface area contributed by atoms with Gasteiger partial charge in [0.1, 0.15) is 12.1 Å². The van der Waals surface area contributed by atoms with Crippen LogP contribution >= 0.6 is 0 Å². The molecule has 0 radical (unpaired) electrons. The van der Waals surface area contributed by atoms with E-state index in [-0.39, 0.29) is 12.4 Å². The first-order chi connectivity index (χ1) is 8.81. The van der Waals surface area contributed by atoms with E-state index in [1.54, 1.807) is 12.4 Å². The maximum atomic E-state index is 13.7. The predicted molar refractivity (Wildman–Crippen MR) is 68.9 cm³/mol. The van der Waals surface area contributed by atoms with E-state index < -0.39 is 0 Å². The topological polar surface area (TPSA) is 43.8 Å². The molecule has 4 heteroatoms. The lowest BCUT2D eigenvalue weighted by Gasteiger charge is -2.10. The van der Waals surface area contributed by atoms with Gasteiger partial charge in [-0.15, -0.1) is 0 Å². The van der Waals surface area contributed by atoms with Crippen molar-refractivity contribution in [1.29, 1.82) is 0 Å². The van der Waals surface area contributed by atoms with Crippen molar-refractivity contribution in [2.75, 3.05) is 0 Å². The molecule has 1 aromatic heterocycles. The van der Waals surface area contributed by atoms with Gasteiger partial charge in [-0.2, -0.15) is 0 Å². The summed E-state index contributed by atoms with van der Waals surface area (Å²) >= 11 is 0. The van der Waals surface area contributed by atoms with Gasteiger partial charge in [-0.05, 0) is 24.3 Å². The standard InChI is InChI=1S/C14H12FN3/c15-11-4-3-7-13(10(11)8-16)18-9-17-12-5-1-2-6-14(12)18/h1-7,9H,8,16H2. The minimum Gasteiger partial charge on any atom is -0.326 e. The largest absolute Gasteiger partial charge is 0.326 e. The molecule has 0 aliphatic carbocycles. The molecule has 0 spiro atoms. The van der Waals surface area contributed by atoms with Crippen molar-refractivity contribution >= 4 is 11.0 Å². The van der Waals surface area contributed by atoms with Gasteiger partial charge in [0.05, 0.1) is 16.7 Å². The Hall–Kier alpha value is -2.20. The van der Waals surface area contributed by atoms with Crippen molar-refractivity contribution in [2.45, 2.75) is 6.54 Å². The Bertz CT molecular complexity index is 703. The summed E-state index contributed by atoms with van der Waals surface area (Å²) in [6.45, 7) is 0.161. The molecular weight excluding hydrogens is 229 g/mol. The molecule has 0 saturated carbocycles. The first-order valence-electron chi connectivity index (χ1n) is 5.71. The fraction of sp³-hybridized carbons (Fsp3) is 0.0714. The number of hydrogen-bond acceptors (Lipinski definition) is 2. The maximum absolute atomic E-state index is 13.7. The van der Waals surface area contributed by atoms with E-state index >= 15 is 0 Å². The minimum atomic E-state index is -0.284. The van der Waals surface area contributed by atoms with Crippen LogP contribution in [0.5, 0.6) is 0 Å². The Morgan fingerprint density at radius 1 is 1.11 bits per heavy atom. The number of nitrogens with zero attached hydrogens (tertiary/aromatic N) is 2. The third-order valence-electron chi connectivity index (χ3n) is 3.01. The SMILES string of the molecule is NCc1c(F)cccc1-n1cnc2ccccc21. The van der Waals surface area contributed by atoms with Crippen molar-refractivity contribution in [3.05, 3.63) is 60.2 Å². The number of halogens is 1. The summed E-state index contributed by atoms with van der Waals surface area (Å²) in [4.78, 5) is 4.30. The molecule has 3 rings (SSSR count). The summed E-state index contributed by atoms with van der Waals surface area (Å²) < 4.78 is 15.6. The van der Waals surface area contributed by atoms with E-state index in [2.05, 4.69) is 4.98 Å². The average Bonchev–Trinajstić information content (AvgIpc) is 2.82. The molecule has 1 heterocycles. The first-order valence-corrected chi connectivity index (χ1v) is 5.71. The summed E-state index contributed by atoms with van der Waals surface area (Å²) in [6.07, 6.45) is 1.69. The summed E-state index contributed by atoms with van der Waals surface area (Å²) in [5.41, 5.74) is 8.69. The molecule has 0 aliphatic heterocycles. The van der Waals surface area contributed by atoms with E-state index in [1.807, 2.05) is 34.9 Å². The van der Waals surface area contributed by atoms with Gasteiger partial charge < -0.3 is 5.73 Å². The molecule has 0 unspecified atom stereocenters. The van der Waals surface area contributed by atoms with Gasteiger partial charge in [0.25, 0.3) is 0 Å². The van der Waals surface area contributed by atoms with Crippen LogP contribution in [0.15, 0.2) is 48.8 Å². The molecule has 0 bridgehead atoms. The highest BCUT2D eigenvalue weighted by molar-refractivity contribution is 5.77. The zero-order valence-electron chi connectivity index (χ0n) is 9.68. The van der Waals surface area contributed by atoms with Crippen LogP contribution in [0.2, 0.25) is 0 Å². The van der Waals surface area contributed by atoms with Crippen molar-refractivity contribution in [2.24, 2.45) is 5.73 Å². The van der Waals surface area contributed by atoms with Crippen LogP contribution in [0, 0.1) is 5.82 Å². The summed E-state index contributed by atoms with van der Waals surface area (Å²) in [7, 11) is 0. The molecule has 0 aliphatic rings. The lowest BCUT2D eigenvalue weighted by molar-refractivity contribution is 0.609. The van der Waals surface area contributed by atoms with Crippen LogP contribution < -0.4 is 5.73 Å². The Balaban J connectivity index is 2.30. The van der Waals surface area contributed by atoms with Crippen LogP contribution in [0.4, 0.5) is 4.39 Å². The number of imidazole rings is 1. The predicted octanol–water partition coefficient (Wildman–Crippen LogP) is 2.62. The molecule has 18 heavy (non-hydrogen) atoms. The van der Waals surface area contributed by atoms with E-state index in [1.165, 1.54) is 6.07 Å². The van der Waals surface area contributed by atoms with Crippen LogP contribution in [-0.2, 0) is 6.54 Å². The Labute approximate surface area is 104 Å². The van der Waals surface area contributed by atoms with Crippen LogP contribution in [-0.4, -0.2) is 9.55 Å². The van der Waals surface area contributed by atoms with E-state index in [4.69, 9.17) is 5.73 Å². The van der Waals surface area contributed by atoms with Crippen molar-refractivity contribution in [3.63, 3.8) is 0 Å². The van der Waals surface area contributed by atoms with E-state index in [0.717, 1.165) is 16.7 Å². The number of benzene rings is 2. The van der Waals surface area contributed by atoms with Gasteiger partial charge in [-0.3, -0.25) is 4.57 Å². The Kier molecular flexibility index (Phi) is 2.57. The third kappa shape index (κ3) is 1.58. The molecule has 2 N–H and O–H groups in total. The second-order valence-corrected chi connectivity index (χ2v) is 4.04. The van der Waals surface area contributed by atoms with E-state index in [9.17, 15) is 4.39 Å². The summed E-state index contributed by atoms with van der Waals surface area (Å²) in [5, 5.41) is 0. The first kappa shape index (κ1) is 10.9. The maximum Gasteiger partial charge on any atom is 0.129 e. The van der Waals surface area contributed by atoms with Gasteiger partial charge in [0.15, 0.2) is 0 Å². The summed E-state index contributed by atoms with van der Waals surface area (Å²) in [5.74, 6) is -0.284. The Morgan fingerprint density at radius 3 is 2.78 bits per heavy atom. The van der Waals surface area contributed by atoms with Crippen LogP contribution in [0.25, 0.3) is 16.7 Å². The lowest BCUT2D eigenvalue weighted by atomic mass is 10.1. The van der Waals surface area contributed by atoms with Crippen molar-refractivity contribution in [1.82, 2.24) is 9.55 Å². The zero-order chi connectivity index (χ0) is 12.5. The molecular formula is C14H12FN3. The highest BCUT2D eigenvalue weighted by Crippen LogP contribution is 2.22. The molecule has 3 nitrogen and oxygen atoms in total. The van der Waals surface area contributed by atoms with Gasteiger partial charge in [0, 0.05) is 12.1 Å². The van der Waals surface area contributed by atoms with Gasteiger partial charge in [-0.25, -0.2) is 9.37 Å². The normalized spacial score (nSPS) is 11.0. The number of para-hydroxylation sites is 2. The number of hydrogen-bond donors (Lipinski definition) is 1. The second kappa shape index (κ2) is 4.23. The smallest absolute Gasteiger partial charge is 0.129 e. The highest BCUT2D eigenvalue weighted by atomic mass is 19.1. The molecule has 0 saturated heterocycles. The number of rotatable bonds is 2. The second-order valence-electron chi connectivity index (χ2n) is 4.04. The monoisotopic (exact) mass is 241 g/mol. The molecule has 3 aromatic rings. The highest BCUT2D eigenvalue weighted by Gasteiger charge is 2.10. The molecule has 90 valence electrons. The minimum absolute atomic E-state index is 0.161. The zero-order valence-corrected chi connectivity index (χ0v) is 9.68. The van der Waals surface area contributed by atoms with Crippen LogP contribution in [0.1, 0.15) is 5.56 Å². The van der Waals surface area contributed by atoms with Crippen molar-refractivity contribution < 1.29 is 4.39 Å². The average molecular weight is 241 g/mol. The molecule has 0 fully saturated rings. The van der Waals surface area contributed by atoms with Crippen molar-refractivity contribution in [3.8, 4) is 5.69 Å². The fourth-order valence-electron chi connectivity index (χ4n) is 2.13. The fourth-order valence-corrected chi connectivity index (χ4v) is 2.13. The quantitative estimate of drug-likeness (QED) is 0.749. The van der Waals surface area contributed by atoms with Crippen LogP contribution in [0.3, 0.4) is 0 Å². The molecule has 2 aromatic carbocycles. The third-order valence-corrected chi connectivity index (χ3v) is 3.01. The van der Waals surface area contributed by atoms with E-state index in [0.29, 0.717) is 5.56 Å². The Morgan fingerprint density at radius 2 is 1.94 bits per heavy atom. The van der Waals surface area contributed by atoms with Gasteiger partial charge >= 0.3 is 0 Å². The number of nitrogens with two attached hydrogens (primary N) is 1. The lowest BCUT2D eigenvalue weighted by Crippen LogP contribution is -2.06. The molecule has 0 amide bonds. The summed E-state index contributed by atoms with van der Waals surface area (Å²) in [6, 6.07) is 12.7. The number of aromatic nitrogens is 2. The number of fused-ring (bicyclic) bond motifs is 1. The molecule has 0 atom stereocenters. The van der Waals surface area contributed by atoms with Gasteiger partial charge in [-0.1, -0.05) is 18.2 Å². The van der Waals surface area contributed by atoms with Gasteiger partial charge in [0.2, 0.25) is 0 Å².